The van der Waals surface area contributed by atoms with Gasteiger partial charge in [-0.15, -0.1) is 0 Å². The van der Waals surface area contributed by atoms with Crippen LogP contribution < -0.4 is 0 Å². The van der Waals surface area contributed by atoms with Crippen molar-refractivity contribution in [2.75, 3.05) is 20.6 Å². The zero-order valence-corrected chi connectivity index (χ0v) is 22.7. The fourth-order valence-corrected chi connectivity index (χ4v) is 5.63. The standard InChI is InChI=1S/C29H28F3N7O2/c1-36(2)28(41)18-6-4-17(5-7-18)19-9-12-38(24(40)14-19)16-20-15-21-23(8-11-33-27(21)37(20)3)39-13-10-22-25(39)26(35-34-22)29(30,31)32/h4-8,10-11,13,15,19H,9,12,14,16H2,1-3H3,(H,34,35). The van der Waals surface area contributed by atoms with E-state index >= 15 is 0 Å². The van der Waals surface area contributed by atoms with E-state index in [-0.39, 0.29) is 28.8 Å². The Hall–Kier alpha value is -4.61. The molecule has 1 aromatic carbocycles. The molecule has 9 nitrogen and oxygen atoms in total. The minimum Gasteiger partial charge on any atom is -0.345 e. The number of aromatic nitrogens is 5. The molecule has 5 aromatic rings. The highest BCUT2D eigenvalue weighted by Crippen LogP contribution is 2.36. The smallest absolute Gasteiger partial charge is 0.345 e. The van der Waals surface area contributed by atoms with E-state index in [1.54, 1.807) is 49.6 Å². The van der Waals surface area contributed by atoms with Gasteiger partial charge in [-0.3, -0.25) is 14.7 Å². The Morgan fingerprint density at radius 2 is 1.90 bits per heavy atom. The van der Waals surface area contributed by atoms with Gasteiger partial charge < -0.3 is 18.9 Å². The summed E-state index contributed by atoms with van der Waals surface area (Å²) in [5.74, 6) is 0.0206. The Bertz CT molecular complexity index is 1780. The molecule has 1 N–H and O–H groups in total. The number of carbonyl (C=O) groups is 2. The summed E-state index contributed by atoms with van der Waals surface area (Å²) in [6.07, 6.45) is -0.316. The highest BCUT2D eigenvalue weighted by Gasteiger charge is 2.37. The van der Waals surface area contributed by atoms with Crippen molar-refractivity contribution in [2.24, 2.45) is 7.05 Å². The molecule has 4 aromatic heterocycles. The first-order chi connectivity index (χ1) is 19.5. The summed E-state index contributed by atoms with van der Waals surface area (Å²) in [7, 11) is 5.26. The molecule has 0 saturated carbocycles. The van der Waals surface area contributed by atoms with Crippen LogP contribution in [-0.2, 0) is 24.6 Å². The number of H-pyrrole nitrogens is 1. The Kier molecular flexibility index (Phi) is 6.35. The molecule has 6 rings (SSSR count). The summed E-state index contributed by atoms with van der Waals surface area (Å²) in [5, 5.41) is 6.61. The number of piperidine rings is 1. The lowest BCUT2D eigenvalue weighted by Gasteiger charge is -2.32. The third kappa shape index (κ3) is 4.62. The lowest BCUT2D eigenvalue weighted by atomic mass is 9.88. The number of aromatic amines is 1. The van der Waals surface area contributed by atoms with Gasteiger partial charge in [0.25, 0.3) is 5.91 Å². The van der Waals surface area contributed by atoms with Gasteiger partial charge in [0.2, 0.25) is 5.91 Å². The minimum absolute atomic E-state index is 0.0217. The quantitative estimate of drug-likeness (QED) is 0.331. The Morgan fingerprint density at radius 1 is 1.15 bits per heavy atom. The molecule has 0 aliphatic carbocycles. The van der Waals surface area contributed by atoms with Crippen LogP contribution in [0.25, 0.3) is 27.8 Å². The molecule has 12 heteroatoms. The van der Waals surface area contributed by atoms with Gasteiger partial charge in [-0.25, -0.2) is 4.98 Å². The second-order valence-electron chi connectivity index (χ2n) is 10.6. The van der Waals surface area contributed by atoms with Crippen LogP contribution >= 0.6 is 0 Å². The van der Waals surface area contributed by atoms with Crippen LogP contribution in [0.5, 0.6) is 0 Å². The van der Waals surface area contributed by atoms with Gasteiger partial charge in [-0.1, -0.05) is 12.1 Å². The van der Waals surface area contributed by atoms with E-state index in [0.717, 1.165) is 17.7 Å². The average molecular weight is 564 g/mol. The number of aryl methyl sites for hydroxylation is 1. The van der Waals surface area contributed by atoms with Gasteiger partial charge in [0, 0.05) is 63.1 Å². The Morgan fingerprint density at radius 3 is 2.59 bits per heavy atom. The van der Waals surface area contributed by atoms with Gasteiger partial charge in [0.05, 0.1) is 12.2 Å². The number of benzene rings is 1. The molecule has 5 heterocycles. The number of amides is 2. The number of carbonyl (C=O) groups excluding carboxylic acids is 2. The van der Waals surface area contributed by atoms with E-state index in [4.69, 9.17) is 0 Å². The largest absolute Gasteiger partial charge is 0.434 e. The van der Waals surface area contributed by atoms with Crippen LogP contribution in [0.2, 0.25) is 0 Å². The molecule has 0 bridgehead atoms. The topological polar surface area (TPSA) is 92.1 Å². The summed E-state index contributed by atoms with van der Waals surface area (Å²) in [4.78, 5) is 33.2. The maximum absolute atomic E-state index is 13.7. The molecular weight excluding hydrogens is 535 g/mol. The maximum atomic E-state index is 13.7. The molecule has 41 heavy (non-hydrogen) atoms. The zero-order valence-electron chi connectivity index (χ0n) is 22.7. The Labute approximate surface area is 233 Å². The van der Waals surface area contributed by atoms with Crippen LogP contribution in [0.3, 0.4) is 0 Å². The highest BCUT2D eigenvalue weighted by atomic mass is 19.4. The van der Waals surface area contributed by atoms with Crippen molar-refractivity contribution in [3.05, 3.63) is 77.4 Å². The number of likely N-dealkylation sites (tertiary alicyclic amines) is 1. The average Bonchev–Trinajstić information content (AvgIpc) is 3.63. The van der Waals surface area contributed by atoms with E-state index in [1.807, 2.05) is 29.8 Å². The summed E-state index contributed by atoms with van der Waals surface area (Å²) in [6, 6.07) is 12.5. The number of hydrogen-bond donors (Lipinski definition) is 1. The third-order valence-electron chi connectivity index (χ3n) is 7.85. The lowest BCUT2D eigenvalue weighted by Crippen LogP contribution is -2.38. The first-order valence-electron chi connectivity index (χ1n) is 13.2. The fourth-order valence-electron chi connectivity index (χ4n) is 5.63. The van der Waals surface area contributed by atoms with Crippen molar-refractivity contribution >= 4 is 33.9 Å². The van der Waals surface area contributed by atoms with Gasteiger partial charge in [-0.05, 0) is 48.2 Å². The summed E-state index contributed by atoms with van der Waals surface area (Å²) < 4.78 is 44.3. The predicted octanol–water partition coefficient (Wildman–Crippen LogP) is 4.87. The number of halogens is 3. The van der Waals surface area contributed by atoms with Crippen molar-refractivity contribution in [1.82, 2.24) is 34.1 Å². The highest BCUT2D eigenvalue weighted by molar-refractivity contribution is 5.94. The van der Waals surface area contributed by atoms with E-state index in [2.05, 4.69) is 15.2 Å². The second kappa shape index (κ2) is 9.79. The number of rotatable bonds is 5. The molecule has 0 radical (unpaired) electrons. The normalized spacial score (nSPS) is 16.2. The first kappa shape index (κ1) is 26.6. The van der Waals surface area contributed by atoms with Gasteiger partial charge >= 0.3 is 6.18 Å². The van der Waals surface area contributed by atoms with Crippen molar-refractivity contribution in [2.45, 2.75) is 31.5 Å². The van der Waals surface area contributed by atoms with Crippen molar-refractivity contribution in [1.29, 1.82) is 0 Å². The van der Waals surface area contributed by atoms with Crippen LogP contribution in [0, 0.1) is 0 Å². The molecule has 1 aliphatic rings. The Balaban J connectivity index is 1.24. The second-order valence-corrected chi connectivity index (χ2v) is 10.6. The number of hydrogen-bond acceptors (Lipinski definition) is 4. The molecule has 1 atom stereocenters. The van der Waals surface area contributed by atoms with E-state index in [1.165, 1.54) is 15.5 Å². The van der Waals surface area contributed by atoms with E-state index < -0.39 is 11.9 Å². The first-order valence-corrected chi connectivity index (χ1v) is 13.2. The molecule has 0 spiro atoms. The summed E-state index contributed by atoms with van der Waals surface area (Å²) in [6.45, 7) is 0.917. The zero-order chi connectivity index (χ0) is 29.1. The molecular formula is C29H28F3N7O2. The minimum atomic E-state index is -4.59. The molecule has 1 fully saturated rings. The summed E-state index contributed by atoms with van der Waals surface area (Å²) >= 11 is 0. The van der Waals surface area contributed by atoms with Crippen molar-refractivity contribution in [3.8, 4) is 5.69 Å². The molecule has 1 unspecified atom stereocenters. The fraction of sp³-hybridized carbons (Fsp3) is 0.310. The van der Waals surface area contributed by atoms with Gasteiger partial charge in [-0.2, -0.15) is 18.3 Å². The van der Waals surface area contributed by atoms with Crippen molar-refractivity contribution in [3.63, 3.8) is 0 Å². The number of nitrogens with zero attached hydrogens (tertiary/aromatic N) is 6. The number of fused-ring (bicyclic) bond motifs is 2. The van der Waals surface area contributed by atoms with E-state index in [0.29, 0.717) is 41.8 Å². The lowest BCUT2D eigenvalue weighted by molar-refractivity contribution is -0.140. The molecule has 1 saturated heterocycles. The molecule has 212 valence electrons. The monoisotopic (exact) mass is 563 g/mol. The van der Waals surface area contributed by atoms with Crippen LogP contribution in [-0.4, -0.2) is 66.6 Å². The van der Waals surface area contributed by atoms with Crippen LogP contribution in [0.15, 0.2) is 54.9 Å². The summed E-state index contributed by atoms with van der Waals surface area (Å²) in [5.41, 5.74) is 2.86. The van der Waals surface area contributed by atoms with Gasteiger partial charge in [0.1, 0.15) is 16.7 Å². The molecule has 2 amide bonds. The maximum Gasteiger partial charge on any atom is 0.434 e. The number of alkyl halides is 3. The van der Waals surface area contributed by atoms with Crippen LogP contribution in [0.4, 0.5) is 13.2 Å². The van der Waals surface area contributed by atoms with Crippen LogP contribution in [0.1, 0.15) is 46.1 Å². The SMILES string of the molecule is CN(C)C(=O)c1ccc(C2CCN(Cc3cc4c(-n5ccc6n[nH]c(C(F)(F)F)c65)ccnc4n3C)C(=O)C2)cc1. The van der Waals surface area contributed by atoms with E-state index in [9.17, 15) is 22.8 Å². The number of nitrogens with one attached hydrogen (secondary N) is 1. The number of pyridine rings is 1. The van der Waals surface area contributed by atoms with Crippen molar-refractivity contribution < 1.29 is 22.8 Å². The molecule has 1 aliphatic heterocycles. The van der Waals surface area contributed by atoms with Gasteiger partial charge in [0.15, 0.2) is 5.69 Å². The third-order valence-corrected chi connectivity index (χ3v) is 7.85. The predicted molar refractivity (Wildman–Crippen MR) is 147 cm³/mol.